The Morgan fingerprint density at radius 2 is 2.18 bits per heavy atom. The molecule has 2 fully saturated rings. The van der Waals surface area contributed by atoms with Gasteiger partial charge in [0.15, 0.2) is 0 Å². The van der Waals surface area contributed by atoms with Gasteiger partial charge < -0.3 is 10.2 Å². The first-order valence-electron chi connectivity index (χ1n) is 7.14. The quantitative estimate of drug-likeness (QED) is 0.786. The first kappa shape index (κ1) is 13.7. The summed E-state index contributed by atoms with van der Waals surface area (Å²) >= 11 is 2.11. The molecule has 0 aromatic carbocycles. The fraction of sp³-hybridized carbons (Fsp3) is 1.00. The lowest BCUT2D eigenvalue weighted by Crippen LogP contribution is -2.45. The van der Waals surface area contributed by atoms with Gasteiger partial charge >= 0.3 is 0 Å². The minimum absolute atomic E-state index is 0.625. The minimum atomic E-state index is 0.625. The summed E-state index contributed by atoms with van der Waals surface area (Å²) in [5.74, 6) is 0.886. The first-order chi connectivity index (χ1) is 8.13. The monoisotopic (exact) mass is 256 g/mol. The van der Waals surface area contributed by atoms with Crippen LogP contribution in [-0.4, -0.2) is 48.1 Å². The third-order valence-corrected chi connectivity index (χ3v) is 5.80. The molecule has 2 nitrogen and oxygen atoms in total. The fourth-order valence-corrected chi connectivity index (χ4v) is 4.04. The van der Waals surface area contributed by atoms with Crippen LogP contribution < -0.4 is 5.32 Å². The van der Waals surface area contributed by atoms with E-state index in [9.17, 15) is 0 Å². The molecule has 0 amide bonds. The second kappa shape index (κ2) is 5.94. The SMILES string of the molecule is CSC1(CN2CCC(CNC(C)C)C2)CCC1. The van der Waals surface area contributed by atoms with Crippen LogP contribution in [0.1, 0.15) is 39.5 Å². The molecule has 1 atom stereocenters. The van der Waals surface area contributed by atoms with Crippen LogP contribution in [0.15, 0.2) is 0 Å². The predicted molar refractivity (Wildman–Crippen MR) is 77.8 cm³/mol. The number of thioether (sulfide) groups is 1. The molecular weight excluding hydrogens is 228 g/mol. The number of nitrogens with zero attached hydrogens (tertiary/aromatic N) is 1. The van der Waals surface area contributed by atoms with Gasteiger partial charge in [0, 0.05) is 23.9 Å². The molecule has 0 bridgehead atoms. The highest BCUT2D eigenvalue weighted by atomic mass is 32.2. The van der Waals surface area contributed by atoms with Crippen LogP contribution in [0, 0.1) is 5.92 Å². The van der Waals surface area contributed by atoms with Crippen LogP contribution in [-0.2, 0) is 0 Å². The fourth-order valence-electron chi connectivity index (χ4n) is 3.03. The molecule has 1 aliphatic carbocycles. The van der Waals surface area contributed by atoms with E-state index in [0.29, 0.717) is 10.8 Å². The second-order valence-electron chi connectivity index (χ2n) is 6.19. The molecule has 100 valence electrons. The van der Waals surface area contributed by atoms with Gasteiger partial charge in [0.2, 0.25) is 0 Å². The molecular formula is C14H28N2S. The Morgan fingerprint density at radius 1 is 1.41 bits per heavy atom. The molecule has 0 aromatic heterocycles. The van der Waals surface area contributed by atoms with Crippen molar-refractivity contribution in [2.24, 2.45) is 5.92 Å². The summed E-state index contributed by atoms with van der Waals surface area (Å²) in [6, 6.07) is 0.633. The van der Waals surface area contributed by atoms with E-state index < -0.39 is 0 Å². The summed E-state index contributed by atoms with van der Waals surface area (Å²) in [7, 11) is 0. The number of rotatable bonds is 6. The van der Waals surface area contributed by atoms with Crippen molar-refractivity contribution in [3.8, 4) is 0 Å². The predicted octanol–water partition coefficient (Wildman–Crippen LogP) is 2.59. The third kappa shape index (κ3) is 3.62. The maximum absolute atomic E-state index is 3.58. The van der Waals surface area contributed by atoms with Gasteiger partial charge in [0.1, 0.15) is 0 Å². The van der Waals surface area contributed by atoms with Gasteiger partial charge in [-0.2, -0.15) is 11.8 Å². The Labute approximate surface area is 111 Å². The van der Waals surface area contributed by atoms with Crippen LogP contribution in [0.4, 0.5) is 0 Å². The summed E-state index contributed by atoms with van der Waals surface area (Å²) in [6.07, 6.45) is 8.03. The summed E-state index contributed by atoms with van der Waals surface area (Å²) in [5, 5.41) is 3.58. The minimum Gasteiger partial charge on any atom is -0.314 e. The van der Waals surface area contributed by atoms with Gasteiger partial charge in [-0.3, -0.25) is 0 Å². The average molecular weight is 256 g/mol. The molecule has 1 aliphatic heterocycles. The molecule has 17 heavy (non-hydrogen) atoms. The normalized spacial score (nSPS) is 28.6. The Hall–Kier alpha value is 0.270. The summed E-state index contributed by atoms with van der Waals surface area (Å²) in [6.45, 7) is 9.68. The molecule has 1 heterocycles. The zero-order valence-electron chi connectivity index (χ0n) is 11.7. The first-order valence-corrected chi connectivity index (χ1v) is 8.37. The highest BCUT2D eigenvalue weighted by molar-refractivity contribution is 8.00. The third-order valence-electron chi connectivity index (χ3n) is 4.39. The molecule has 0 aromatic rings. The van der Waals surface area contributed by atoms with E-state index in [-0.39, 0.29) is 0 Å². The van der Waals surface area contributed by atoms with Gasteiger partial charge in [-0.1, -0.05) is 20.3 Å². The van der Waals surface area contributed by atoms with E-state index >= 15 is 0 Å². The zero-order valence-corrected chi connectivity index (χ0v) is 12.5. The highest BCUT2D eigenvalue weighted by Gasteiger charge is 2.39. The molecule has 1 saturated heterocycles. The van der Waals surface area contributed by atoms with E-state index in [0.717, 1.165) is 5.92 Å². The molecule has 2 aliphatic rings. The topological polar surface area (TPSA) is 15.3 Å². The van der Waals surface area contributed by atoms with Crippen molar-refractivity contribution in [1.29, 1.82) is 0 Å². The van der Waals surface area contributed by atoms with E-state index in [1.807, 2.05) is 0 Å². The van der Waals surface area contributed by atoms with E-state index in [4.69, 9.17) is 0 Å². The van der Waals surface area contributed by atoms with Crippen molar-refractivity contribution in [3.63, 3.8) is 0 Å². The van der Waals surface area contributed by atoms with Gasteiger partial charge in [0.25, 0.3) is 0 Å². The number of likely N-dealkylation sites (tertiary alicyclic amines) is 1. The smallest absolute Gasteiger partial charge is 0.0284 e. The molecule has 2 rings (SSSR count). The highest BCUT2D eigenvalue weighted by Crippen LogP contribution is 2.43. The lowest BCUT2D eigenvalue weighted by atomic mass is 9.84. The van der Waals surface area contributed by atoms with Crippen LogP contribution in [0.2, 0.25) is 0 Å². The van der Waals surface area contributed by atoms with Gasteiger partial charge in [-0.05, 0) is 44.5 Å². The van der Waals surface area contributed by atoms with Crippen LogP contribution in [0.5, 0.6) is 0 Å². The van der Waals surface area contributed by atoms with Gasteiger partial charge in [-0.15, -0.1) is 0 Å². The van der Waals surface area contributed by atoms with Crippen molar-refractivity contribution >= 4 is 11.8 Å². The van der Waals surface area contributed by atoms with E-state index in [1.165, 1.54) is 51.9 Å². The van der Waals surface area contributed by atoms with E-state index in [2.05, 4.69) is 42.1 Å². The average Bonchev–Trinajstić information content (AvgIpc) is 2.68. The molecule has 1 unspecified atom stereocenters. The Kier molecular flexibility index (Phi) is 4.79. The van der Waals surface area contributed by atoms with Crippen molar-refractivity contribution in [2.45, 2.75) is 50.3 Å². The molecule has 3 heteroatoms. The number of nitrogens with one attached hydrogen (secondary N) is 1. The summed E-state index contributed by atoms with van der Waals surface area (Å²) in [5.41, 5.74) is 0. The van der Waals surface area contributed by atoms with Crippen molar-refractivity contribution in [3.05, 3.63) is 0 Å². The lowest BCUT2D eigenvalue weighted by molar-refractivity contribution is 0.228. The van der Waals surface area contributed by atoms with Crippen LogP contribution in [0.3, 0.4) is 0 Å². The summed E-state index contributed by atoms with van der Waals surface area (Å²) in [4.78, 5) is 2.71. The standard InChI is InChI=1S/C14H28N2S/c1-12(2)15-9-13-5-8-16(10-13)11-14(17-3)6-4-7-14/h12-13,15H,4-11H2,1-3H3. The van der Waals surface area contributed by atoms with Gasteiger partial charge in [0.05, 0.1) is 0 Å². The Bertz CT molecular complexity index is 233. The van der Waals surface area contributed by atoms with Crippen molar-refractivity contribution < 1.29 is 0 Å². The summed E-state index contributed by atoms with van der Waals surface area (Å²) < 4.78 is 0.625. The Morgan fingerprint density at radius 3 is 2.71 bits per heavy atom. The Balaban J connectivity index is 1.70. The zero-order chi connectivity index (χ0) is 12.3. The molecule has 1 saturated carbocycles. The van der Waals surface area contributed by atoms with Crippen LogP contribution >= 0.6 is 11.8 Å². The maximum Gasteiger partial charge on any atom is 0.0284 e. The number of hydrogen-bond donors (Lipinski definition) is 1. The molecule has 1 N–H and O–H groups in total. The van der Waals surface area contributed by atoms with E-state index in [1.54, 1.807) is 0 Å². The number of hydrogen-bond acceptors (Lipinski definition) is 3. The maximum atomic E-state index is 3.58. The van der Waals surface area contributed by atoms with Crippen molar-refractivity contribution in [1.82, 2.24) is 10.2 Å². The largest absolute Gasteiger partial charge is 0.314 e. The molecule has 0 radical (unpaired) electrons. The van der Waals surface area contributed by atoms with Crippen molar-refractivity contribution in [2.75, 3.05) is 32.4 Å². The lowest BCUT2D eigenvalue weighted by Gasteiger charge is -2.43. The van der Waals surface area contributed by atoms with Crippen LogP contribution in [0.25, 0.3) is 0 Å². The van der Waals surface area contributed by atoms with Gasteiger partial charge in [-0.25, -0.2) is 0 Å². The second-order valence-corrected chi connectivity index (χ2v) is 7.47. The molecule has 0 spiro atoms.